The van der Waals surface area contributed by atoms with Gasteiger partial charge in [0.05, 0.1) is 6.10 Å². The highest BCUT2D eigenvalue weighted by molar-refractivity contribution is 9.10. The quantitative estimate of drug-likeness (QED) is 0.849. The molecule has 0 fully saturated rings. The van der Waals surface area contributed by atoms with Crippen LogP contribution in [-0.4, -0.2) is 5.11 Å². The molecule has 0 saturated heterocycles. The van der Waals surface area contributed by atoms with Crippen LogP contribution < -0.4 is 0 Å². The molecule has 0 spiro atoms. The summed E-state index contributed by atoms with van der Waals surface area (Å²) in [4.78, 5) is 0. The fraction of sp³-hybridized carbons (Fsp3) is 0.538. The van der Waals surface area contributed by atoms with Crippen molar-refractivity contribution in [2.45, 2.75) is 39.2 Å². The summed E-state index contributed by atoms with van der Waals surface area (Å²) in [6, 6.07) is 4.67. The van der Waals surface area contributed by atoms with Gasteiger partial charge in [-0.05, 0) is 30.5 Å². The highest BCUT2D eigenvalue weighted by atomic mass is 79.9. The Bertz CT molecular complexity index is 341. The Morgan fingerprint density at radius 1 is 1.44 bits per heavy atom. The normalized spacial score (nSPS) is 14.8. The first kappa shape index (κ1) is 13.7. The molecule has 0 aliphatic heterocycles. The second kappa shape index (κ2) is 6.36. The zero-order valence-corrected chi connectivity index (χ0v) is 11.3. The van der Waals surface area contributed by atoms with E-state index in [4.69, 9.17) is 0 Å². The number of hydrogen-bond acceptors (Lipinski definition) is 1. The Balaban J connectivity index is 2.72. The van der Waals surface area contributed by atoms with Crippen molar-refractivity contribution < 1.29 is 9.50 Å². The van der Waals surface area contributed by atoms with Gasteiger partial charge in [-0.3, -0.25) is 0 Å². The summed E-state index contributed by atoms with van der Waals surface area (Å²) in [5, 5.41) is 9.96. The second-order valence-corrected chi connectivity index (χ2v) is 5.23. The average molecular weight is 289 g/mol. The summed E-state index contributed by atoms with van der Waals surface area (Å²) in [5.41, 5.74) is 0.386. The van der Waals surface area contributed by atoms with Crippen LogP contribution in [0.2, 0.25) is 0 Å². The standard InChI is InChI=1S/C13H18BrFO/c1-3-4-9(2)7-13(16)11-8-10(14)5-6-12(11)15/h5-6,8-9,13,16H,3-4,7H2,1-2H3. The van der Waals surface area contributed by atoms with E-state index >= 15 is 0 Å². The van der Waals surface area contributed by atoms with E-state index in [2.05, 4.69) is 29.8 Å². The molecule has 1 N–H and O–H groups in total. The smallest absolute Gasteiger partial charge is 0.129 e. The molecule has 1 nitrogen and oxygen atoms in total. The molecule has 0 saturated carbocycles. The minimum Gasteiger partial charge on any atom is -0.388 e. The van der Waals surface area contributed by atoms with Crippen LogP contribution in [0, 0.1) is 11.7 Å². The monoisotopic (exact) mass is 288 g/mol. The third-order valence-electron chi connectivity index (χ3n) is 2.72. The molecular weight excluding hydrogens is 271 g/mol. The summed E-state index contributed by atoms with van der Waals surface area (Å²) < 4.78 is 14.3. The lowest BCUT2D eigenvalue weighted by Gasteiger charge is -2.16. The average Bonchev–Trinajstić information content (AvgIpc) is 2.21. The lowest BCUT2D eigenvalue weighted by molar-refractivity contribution is 0.141. The van der Waals surface area contributed by atoms with Crippen molar-refractivity contribution in [3.8, 4) is 0 Å². The highest BCUT2D eigenvalue weighted by Crippen LogP contribution is 2.27. The molecule has 0 aromatic heterocycles. The van der Waals surface area contributed by atoms with Crippen molar-refractivity contribution in [3.05, 3.63) is 34.1 Å². The first-order valence-electron chi connectivity index (χ1n) is 5.67. The summed E-state index contributed by atoms with van der Waals surface area (Å²) in [7, 11) is 0. The minimum atomic E-state index is -0.709. The lowest BCUT2D eigenvalue weighted by Crippen LogP contribution is -2.06. The Labute approximate surface area is 105 Å². The number of halogens is 2. The van der Waals surface area contributed by atoms with E-state index < -0.39 is 6.10 Å². The van der Waals surface area contributed by atoms with Gasteiger partial charge < -0.3 is 5.11 Å². The molecule has 2 unspecified atom stereocenters. The predicted octanol–water partition coefficient (Wildman–Crippen LogP) is 4.45. The number of aliphatic hydroxyl groups excluding tert-OH is 1. The first-order chi connectivity index (χ1) is 7.54. The summed E-state index contributed by atoms with van der Waals surface area (Å²) in [6.45, 7) is 4.20. The van der Waals surface area contributed by atoms with Gasteiger partial charge in [-0.15, -0.1) is 0 Å². The maximum atomic E-state index is 13.5. The SMILES string of the molecule is CCCC(C)CC(O)c1cc(Br)ccc1F. The third-order valence-corrected chi connectivity index (χ3v) is 3.22. The van der Waals surface area contributed by atoms with Crippen LogP contribution in [0.25, 0.3) is 0 Å². The number of hydrogen-bond donors (Lipinski definition) is 1. The molecule has 0 heterocycles. The molecular formula is C13H18BrFO. The topological polar surface area (TPSA) is 20.2 Å². The van der Waals surface area contributed by atoms with Crippen molar-refractivity contribution in [1.82, 2.24) is 0 Å². The van der Waals surface area contributed by atoms with Crippen LogP contribution in [0.1, 0.15) is 44.8 Å². The fourth-order valence-corrected chi connectivity index (χ4v) is 2.27. The van der Waals surface area contributed by atoms with E-state index in [1.807, 2.05) is 0 Å². The molecule has 0 amide bonds. The van der Waals surface area contributed by atoms with Gasteiger partial charge in [0, 0.05) is 10.0 Å². The predicted molar refractivity (Wildman–Crippen MR) is 67.7 cm³/mol. The van der Waals surface area contributed by atoms with Gasteiger partial charge >= 0.3 is 0 Å². The number of aliphatic hydroxyl groups is 1. The van der Waals surface area contributed by atoms with Gasteiger partial charge in [0.1, 0.15) is 5.82 Å². The van der Waals surface area contributed by atoms with E-state index in [-0.39, 0.29) is 5.82 Å². The summed E-state index contributed by atoms with van der Waals surface area (Å²) in [5.74, 6) is 0.0813. The van der Waals surface area contributed by atoms with Crippen LogP contribution in [0.5, 0.6) is 0 Å². The number of rotatable bonds is 5. The van der Waals surface area contributed by atoms with Gasteiger partial charge in [-0.25, -0.2) is 4.39 Å². The van der Waals surface area contributed by atoms with Crippen molar-refractivity contribution in [3.63, 3.8) is 0 Å². The Kier molecular flexibility index (Phi) is 5.42. The van der Waals surface area contributed by atoms with Crippen LogP contribution >= 0.6 is 15.9 Å². The molecule has 1 aromatic carbocycles. The molecule has 0 aliphatic rings. The van der Waals surface area contributed by atoms with E-state index in [1.54, 1.807) is 12.1 Å². The van der Waals surface area contributed by atoms with Crippen molar-refractivity contribution in [1.29, 1.82) is 0 Å². The summed E-state index contributed by atoms with van der Waals surface area (Å²) in [6.07, 6.45) is 2.06. The van der Waals surface area contributed by atoms with Crippen molar-refractivity contribution in [2.75, 3.05) is 0 Å². The van der Waals surface area contributed by atoms with Crippen molar-refractivity contribution >= 4 is 15.9 Å². The Morgan fingerprint density at radius 3 is 2.75 bits per heavy atom. The maximum absolute atomic E-state index is 13.5. The lowest BCUT2D eigenvalue weighted by atomic mass is 9.95. The van der Waals surface area contributed by atoms with Gasteiger partial charge in [-0.2, -0.15) is 0 Å². The maximum Gasteiger partial charge on any atom is 0.129 e. The van der Waals surface area contributed by atoms with E-state index in [9.17, 15) is 9.50 Å². The van der Waals surface area contributed by atoms with E-state index in [0.717, 1.165) is 17.3 Å². The summed E-state index contributed by atoms with van der Waals surface area (Å²) >= 11 is 3.28. The molecule has 1 rings (SSSR count). The molecule has 90 valence electrons. The zero-order chi connectivity index (χ0) is 12.1. The van der Waals surface area contributed by atoms with Crippen LogP contribution in [0.3, 0.4) is 0 Å². The molecule has 1 aromatic rings. The highest BCUT2D eigenvalue weighted by Gasteiger charge is 2.16. The molecule has 0 radical (unpaired) electrons. The first-order valence-corrected chi connectivity index (χ1v) is 6.47. The van der Waals surface area contributed by atoms with E-state index in [0.29, 0.717) is 17.9 Å². The van der Waals surface area contributed by atoms with Gasteiger partial charge in [0.2, 0.25) is 0 Å². The third kappa shape index (κ3) is 3.87. The number of benzene rings is 1. The van der Waals surface area contributed by atoms with Crippen LogP contribution in [0.4, 0.5) is 4.39 Å². The van der Waals surface area contributed by atoms with Crippen LogP contribution in [0.15, 0.2) is 22.7 Å². The molecule has 2 atom stereocenters. The molecule has 3 heteroatoms. The fourth-order valence-electron chi connectivity index (χ4n) is 1.89. The largest absolute Gasteiger partial charge is 0.388 e. The van der Waals surface area contributed by atoms with Gasteiger partial charge in [0.15, 0.2) is 0 Å². The van der Waals surface area contributed by atoms with Crippen molar-refractivity contribution in [2.24, 2.45) is 5.92 Å². The zero-order valence-electron chi connectivity index (χ0n) is 9.71. The Hall–Kier alpha value is -0.410. The van der Waals surface area contributed by atoms with Gasteiger partial charge in [-0.1, -0.05) is 42.6 Å². The van der Waals surface area contributed by atoms with E-state index in [1.165, 1.54) is 6.07 Å². The molecule has 0 bridgehead atoms. The molecule has 0 aliphatic carbocycles. The Morgan fingerprint density at radius 2 is 2.12 bits per heavy atom. The minimum absolute atomic E-state index is 0.334. The molecule has 16 heavy (non-hydrogen) atoms. The van der Waals surface area contributed by atoms with Crippen LogP contribution in [-0.2, 0) is 0 Å². The van der Waals surface area contributed by atoms with Gasteiger partial charge in [0.25, 0.3) is 0 Å². The second-order valence-electron chi connectivity index (χ2n) is 4.31.